The molecule has 0 radical (unpaired) electrons. The number of benzene rings is 1. The van der Waals surface area contributed by atoms with E-state index in [4.69, 9.17) is 28.9 Å². The van der Waals surface area contributed by atoms with Crippen molar-refractivity contribution < 1.29 is 0 Å². The van der Waals surface area contributed by atoms with Gasteiger partial charge in [0, 0.05) is 15.6 Å². The molecule has 1 saturated carbocycles. The van der Waals surface area contributed by atoms with Gasteiger partial charge < -0.3 is 5.73 Å². The predicted molar refractivity (Wildman–Crippen MR) is 84.0 cm³/mol. The van der Waals surface area contributed by atoms with Gasteiger partial charge in [0.2, 0.25) is 0 Å². The molecular weight excluding hydrogens is 277 g/mol. The summed E-state index contributed by atoms with van der Waals surface area (Å²) < 4.78 is 0. The lowest BCUT2D eigenvalue weighted by molar-refractivity contribution is 0.297. The molecule has 1 unspecified atom stereocenters. The molecular formula is C16H23Cl2N. The van der Waals surface area contributed by atoms with Crippen molar-refractivity contribution in [2.24, 2.45) is 11.1 Å². The van der Waals surface area contributed by atoms with Crippen LogP contribution in [0.5, 0.6) is 0 Å². The van der Waals surface area contributed by atoms with E-state index in [1.165, 1.54) is 19.3 Å². The number of rotatable bonds is 2. The molecule has 2 rings (SSSR count). The SMILES string of the molecule is CC1(C)CCCC(N)(Cc2cc(Cl)ccc2Cl)CC1. The van der Waals surface area contributed by atoms with Crippen LogP contribution in [0.1, 0.15) is 51.5 Å². The summed E-state index contributed by atoms with van der Waals surface area (Å²) in [6.45, 7) is 4.68. The van der Waals surface area contributed by atoms with Crippen molar-refractivity contribution in [3.05, 3.63) is 33.8 Å². The van der Waals surface area contributed by atoms with E-state index in [1.54, 1.807) is 0 Å². The highest BCUT2D eigenvalue weighted by molar-refractivity contribution is 6.33. The highest BCUT2D eigenvalue weighted by Crippen LogP contribution is 2.39. The fraction of sp³-hybridized carbons (Fsp3) is 0.625. The van der Waals surface area contributed by atoms with Crippen molar-refractivity contribution in [1.82, 2.24) is 0 Å². The molecule has 0 aromatic heterocycles. The smallest absolute Gasteiger partial charge is 0.0439 e. The average molecular weight is 300 g/mol. The van der Waals surface area contributed by atoms with Gasteiger partial charge in [0.25, 0.3) is 0 Å². The van der Waals surface area contributed by atoms with Crippen LogP contribution in [0.25, 0.3) is 0 Å². The molecule has 1 aromatic carbocycles. The fourth-order valence-corrected chi connectivity index (χ4v) is 3.37. The van der Waals surface area contributed by atoms with Gasteiger partial charge in [-0.2, -0.15) is 0 Å². The monoisotopic (exact) mass is 299 g/mol. The molecule has 1 fully saturated rings. The molecule has 1 aliphatic carbocycles. The van der Waals surface area contributed by atoms with Gasteiger partial charge in [-0.05, 0) is 61.3 Å². The van der Waals surface area contributed by atoms with Crippen LogP contribution in [0.3, 0.4) is 0 Å². The fourth-order valence-electron chi connectivity index (χ4n) is 2.99. The van der Waals surface area contributed by atoms with E-state index in [2.05, 4.69) is 13.8 Å². The number of hydrogen-bond donors (Lipinski definition) is 1. The highest BCUT2D eigenvalue weighted by Gasteiger charge is 2.33. The Morgan fingerprint density at radius 2 is 1.84 bits per heavy atom. The summed E-state index contributed by atoms with van der Waals surface area (Å²) in [6, 6.07) is 5.64. The number of hydrogen-bond acceptors (Lipinski definition) is 1. The molecule has 19 heavy (non-hydrogen) atoms. The molecule has 0 aliphatic heterocycles. The van der Waals surface area contributed by atoms with E-state index in [-0.39, 0.29) is 5.54 Å². The summed E-state index contributed by atoms with van der Waals surface area (Å²) >= 11 is 12.3. The molecule has 2 N–H and O–H groups in total. The zero-order valence-electron chi connectivity index (χ0n) is 11.8. The minimum Gasteiger partial charge on any atom is -0.325 e. The molecule has 3 heteroatoms. The normalized spacial score (nSPS) is 27.0. The second kappa shape index (κ2) is 5.63. The first-order chi connectivity index (χ1) is 8.80. The zero-order valence-corrected chi connectivity index (χ0v) is 13.3. The van der Waals surface area contributed by atoms with Crippen LogP contribution < -0.4 is 5.73 Å². The predicted octanol–water partition coefficient (Wildman–Crippen LogP) is 5.22. The lowest BCUT2D eigenvalue weighted by Gasteiger charge is -2.29. The molecule has 0 saturated heterocycles. The third-order valence-electron chi connectivity index (χ3n) is 4.38. The van der Waals surface area contributed by atoms with E-state index in [1.807, 2.05) is 18.2 Å². The lowest BCUT2D eigenvalue weighted by Crippen LogP contribution is -2.41. The summed E-state index contributed by atoms with van der Waals surface area (Å²) in [5.41, 5.74) is 7.99. The van der Waals surface area contributed by atoms with E-state index in [0.717, 1.165) is 34.9 Å². The molecule has 0 bridgehead atoms. The Morgan fingerprint density at radius 1 is 1.11 bits per heavy atom. The van der Waals surface area contributed by atoms with Gasteiger partial charge >= 0.3 is 0 Å². The van der Waals surface area contributed by atoms with Crippen molar-refractivity contribution in [2.75, 3.05) is 0 Å². The first-order valence-electron chi connectivity index (χ1n) is 7.03. The zero-order chi connectivity index (χ0) is 14.1. The first-order valence-corrected chi connectivity index (χ1v) is 7.78. The van der Waals surface area contributed by atoms with Crippen LogP contribution in [0.2, 0.25) is 10.0 Å². The maximum atomic E-state index is 6.63. The van der Waals surface area contributed by atoms with Crippen LogP contribution in [-0.2, 0) is 6.42 Å². The highest BCUT2D eigenvalue weighted by atomic mass is 35.5. The van der Waals surface area contributed by atoms with Crippen LogP contribution in [0.4, 0.5) is 0 Å². The van der Waals surface area contributed by atoms with Gasteiger partial charge in [-0.15, -0.1) is 0 Å². The Balaban J connectivity index is 2.14. The Hall–Kier alpha value is -0.240. The quantitative estimate of drug-likeness (QED) is 0.744. The van der Waals surface area contributed by atoms with Crippen molar-refractivity contribution in [2.45, 2.75) is 57.9 Å². The maximum absolute atomic E-state index is 6.63. The number of nitrogens with two attached hydrogens (primary N) is 1. The number of halogens is 2. The van der Waals surface area contributed by atoms with Crippen LogP contribution in [0.15, 0.2) is 18.2 Å². The van der Waals surface area contributed by atoms with E-state index >= 15 is 0 Å². The second-order valence-electron chi connectivity index (χ2n) is 6.79. The summed E-state index contributed by atoms with van der Waals surface area (Å²) in [5.74, 6) is 0. The van der Waals surface area contributed by atoms with Crippen LogP contribution >= 0.6 is 23.2 Å². The average Bonchev–Trinajstić information content (AvgIpc) is 2.44. The van der Waals surface area contributed by atoms with E-state index in [0.29, 0.717) is 5.41 Å². The van der Waals surface area contributed by atoms with E-state index < -0.39 is 0 Å². The summed E-state index contributed by atoms with van der Waals surface area (Å²) in [6.07, 6.45) is 6.59. The van der Waals surface area contributed by atoms with Crippen molar-refractivity contribution >= 4 is 23.2 Å². The van der Waals surface area contributed by atoms with E-state index in [9.17, 15) is 0 Å². The molecule has 1 atom stereocenters. The molecule has 1 aromatic rings. The summed E-state index contributed by atoms with van der Waals surface area (Å²) in [7, 11) is 0. The Labute approximate surface area is 126 Å². The molecule has 106 valence electrons. The van der Waals surface area contributed by atoms with Gasteiger partial charge in [0.1, 0.15) is 0 Å². The summed E-state index contributed by atoms with van der Waals surface area (Å²) in [5, 5.41) is 1.51. The topological polar surface area (TPSA) is 26.0 Å². The van der Waals surface area contributed by atoms with Gasteiger partial charge in [0.15, 0.2) is 0 Å². The molecule has 0 heterocycles. The molecule has 1 aliphatic rings. The summed E-state index contributed by atoms with van der Waals surface area (Å²) in [4.78, 5) is 0. The Bertz CT molecular complexity index is 456. The Morgan fingerprint density at radius 3 is 2.58 bits per heavy atom. The van der Waals surface area contributed by atoms with Gasteiger partial charge in [-0.25, -0.2) is 0 Å². The van der Waals surface area contributed by atoms with Crippen molar-refractivity contribution in [3.8, 4) is 0 Å². The first kappa shape index (κ1) is 15.2. The largest absolute Gasteiger partial charge is 0.325 e. The second-order valence-corrected chi connectivity index (χ2v) is 7.64. The van der Waals surface area contributed by atoms with Crippen LogP contribution in [0, 0.1) is 5.41 Å². The Kier molecular flexibility index (Phi) is 4.49. The van der Waals surface area contributed by atoms with Crippen molar-refractivity contribution in [1.29, 1.82) is 0 Å². The lowest BCUT2D eigenvalue weighted by atomic mass is 9.81. The minimum absolute atomic E-state index is 0.137. The molecule has 0 spiro atoms. The molecule has 0 amide bonds. The van der Waals surface area contributed by atoms with Crippen molar-refractivity contribution in [3.63, 3.8) is 0 Å². The van der Waals surface area contributed by atoms with Gasteiger partial charge in [0.05, 0.1) is 0 Å². The standard InChI is InChI=1S/C16H23Cl2N/c1-15(2)6-3-7-16(19,9-8-15)11-12-10-13(17)4-5-14(12)18/h4-5,10H,3,6-9,11,19H2,1-2H3. The van der Waals surface area contributed by atoms with Crippen LogP contribution in [-0.4, -0.2) is 5.54 Å². The minimum atomic E-state index is -0.137. The maximum Gasteiger partial charge on any atom is 0.0439 e. The molecule has 1 nitrogen and oxygen atoms in total. The third-order valence-corrected chi connectivity index (χ3v) is 4.98. The third kappa shape index (κ3) is 4.11. The van der Waals surface area contributed by atoms with Gasteiger partial charge in [-0.1, -0.05) is 43.5 Å². The van der Waals surface area contributed by atoms with Gasteiger partial charge in [-0.3, -0.25) is 0 Å².